The third kappa shape index (κ3) is 2.42. The molecule has 78 valence electrons. The first kappa shape index (κ1) is 10.3. The molecule has 0 aromatic carbocycles. The smallest absolute Gasteiger partial charge is 0.295 e. The summed E-state index contributed by atoms with van der Waals surface area (Å²) in [5.74, 6) is 0. The second-order valence-corrected chi connectivity index (χ2v) is 5.21. The maximum atomic E-state index is 11.3. The molecule has 0 bridgehead atoms. The lowest BCUT2D eigenvalue weighted by Gasteiger charge is -2.00. The standard InChI is InChI=1S/C8H6BrN3O2S/c9-7-10-3-5(15-7)4-12-2-1-6(13)11-8(12)14/h1-3H,4H2,(H,11,13,14). The highest BCUT2D eigenvalue weighted by Crippen LogP contribution is 2.18. The fraction of sp³-hybridized carbons (Fsp3) is 0.125. The van der Waals surface area contributed by atoms with Gasteiger partial charge in [-0.15, -0.1) is 11.3 Å². The van der Waals surface area contributed by atoms with E-state index in [1.54, 1.807) is 6.20 Å². The Morgan fingerprint density at radius 1 is 1.53 bits per heavy atom. The monoisotopic (exact) mass is 287 g/mol. The summed E-state index contributed by atoms with van der Waals surface area (Å²) < 4.78 is 2.19. The Kier molecular flexibility index (Phi) is 2.83. The zero-order valence-electron chi connectivity index (χ0n) is 7.44. The van der Waals surface area contributed by atoms with Crippen molar-refractivity contribution in [3.05, 3.63) is 48.1 Å². The molecule has 0 amide bonds. The lowest BCUT2D eigenvalue weighted by molar-refractivity contribution is 0.727. The average Bonchev–Trinajstić information content (AvgIpc) is 2.56. The zero-order chi connectivity index (χ0) is 10.8. The highest BCUT2D eigenvalue weighted by molar-refractivity contribution is 9.11. The summed E-state index contributed by atoms with van der Waals surface area (Å²) in [5.41, 5.74) is -0.797. The van der Waals surface area contributed by atoms with Gasteiger partial charge >= 0.3 is 5.69 Å². The highest BCUT2D eigenvalue weighted by Gasteiger charge is 2.01. The van der Waals surface area contributed by atoms with Crippen molar-refractivity contribution < 1.29 is 0 Å². The molecule has 15 heavy (non-hydrogen) atoms. The number of halogens is 1. The van der Waals surface area contributed by atoms with E-state index in [0.29, 0.717) is 6.54 Å². The van der Waals surface area contributed by atoms with Crippen molar-refractivity contribution in [3.8, 4) is 0 Å². The van der Waals surface area contributed by atoms with Gasteiger partial charge in [0.2, 0.25) is 0 Å². The van der Waals surface area contributed by atoms with E-state index in [2.05, 4.69) is 25.9 Å². The van der Waals surface area contributed by atoms with Gasteiger partial charge in [0.05, 0.1) is 6.54 Å². The Bertz CT molecular complexity index is 586. The van der Waals surface area contributed by atoms with E-state index in [-0.39, 0.29) is 5.56 Å². The van der Waals surface area contributed by atoms with E-state index < -0.39 is 5.69 Å². The molecule has 2 heterocycles. The summed E-state index contributed by atoms with van der Waals surface area (Å²) in [4.78, 5) is 29.3. The number of hydrogen-bond donors (Lipinski definition) is 1. The second-order valence-electron chi connectivity index (χ2n) is 2.82. The van der Waals surface area contributed by atoms with Crippen molar-refractivity contribution in [1.82, 2.24) is 14.5 Å². The van der Waals surface area contributed by atoms with E-state index in [0.717, 1.165) is 8.79 Å². The van der Waals surface area contributed by atoms with Crippen molar-refractivity contribution in [2.45, 2.75) is 6.54 Å². The van der Waals surface area contributed by atoms with Crippen LogP contribution >= 0.6 is 27.3 Å². The van der Waals surface area contributed by atoms with Crippen LogP contribution in [0.4, 0.5) is 0 Å². The van der Waals surface area contributed by atoms with Crippen molar-refractivity contribution in [3.63, 3.8) is 0 Å². The quantitative estimate of drug-likeness (QED) is 0.889. The Labute approximate surface area is 96.6 Å². The van der Waals surface area contributed by atoms with Crippen LogP contribution in [-0.2, 0) is 6.54 Å². The van der Waals surface area contributed by atoms with Crippen LogP contribution in [0.25, 0.3) is 0 Å². The average molecular weight is 288 g/mol. The lowest BCUT2D eigenvalue weighted by atomic mass is 10.5. The van der Waals surface area contributed by atoms with Crippen LogP contribution in [0.2, 0.25) is 0 Å². The van der Waals surface area contributed by atoms with Gasteiger partial charge in [0, 0.05) is 23.3 Å². The number of nitrogens with one attached hydrogen (secondary N) is 1. The van der Waals surface area contributed by atoms with Crippen LogP contribution in [0.1, 0.15) is 4.88 Å². The van der Waals surface area contributed by atoms with Gasteiger partial charge in [-0.2, -0.15) is 0 Å². The highest BCUT2D eigenvalue weighted by atomic mass is 79.9. The Morgan fingerprint density at radius 2 is 2.33 bits per heavy atom. The summed E-state index contributed by atoms with van der Waals surface area (Å²) in [6.07, 6.45) is 3.15. The number of aromatic nitrogens is 3. The second kappa shape index (κ2) is 4.11. The summed E-state index contributed by atoms with van der Waals surface area (Å²) in [6.45, 7) is 0.416. The number of aromatic amines is 1. The summed E-state index contributed by atoms with van der Waals surface area (Å²) >= 11 is 4.69. The number of rotatable bonds is 2. The normalized spacial score (nSPS) is 10.5. The van der Waals surface area contributed by atoms with Crippen LogP contribution in [0, 0.1) is 0 Å². The number of thiazole rings is 1. The number of nitrogens with zero attached hydrogens (tertiary/aromatic N) is 2. The molecule has 0 saturated carbocycles. The molecule has 7 heteroatoms. The molecule has 1 N–H and O–H groups in total. The fourth-order valence-electron chi connectivity index (χ4n) is 1.09. The minimum atomic E-state index is -0.410. The van der Waals surface area contributed by atoms with Gasteiger partial charge in [-0.1, -0.05) is 0 Å². The molecule has 0 aliphatic rings. The SMILES string of the molecule is O=c1ccn(Cc2cnc(Br)s2)c(=O)[nH]1. The third-order valence-electron chi connectivity index (χ3n) is 1.75. The zero-order valence-corrected chi connectivity index (χ0v) is 9.84. The molecular weight excluding hydrogens is 282 g/mol. The number of H-pyrrole nitrogens is 1. The van der Waals surface area contributed by atoms with Crippen LogP contribution in [0.3, 0.4) is 0 Å². The molecule has 2 aromatic heterocycles. The molecule has 0 fully saturated rings. The van der Waals surface area contributed by atoms with Gasteiger partial charge in [0.15, 0.2) is 3.92 Å². The van der Waals surface area contributed by atoms with Gasteiger partial charge in [-0.3, -0.25) is 14.3 Å². The molecule has 2 rings (SSSR count). The largest absolute Gasteiger partial charge is 0.328 e. The minimum Gasteiger partial charge on any atom is -0.295 e. The van der Waals surface area contributed by atoms with Crippen LogP contribution in [0.5, 0.6) is 0 Å². The van der Waals surface area contributed by atoms with E-state index in [4.69, 9.17) is 0 Å². The molecule has 0 saturated heterocycles. The van der Waals surface area contributed by atoms with E-state index in [1.807, 2.05) is 0 Å². The molecule has 0 radical (unpaired) electrons. The maximum absolute atomic E-state index is 11.3. The molecule has 5 nitrogen and oxygen atoms in total. The minimum absolute atomic E-state index is 0.387. The predicted molar refractivity (Wildman–Crippen MR) is 60.2 cm³/mol. The first-order valence-corrected chi connectivity index (χ1v) is 5.66. The Morgan fingerprint density at radius 3 is 2.93 bits per heavy atom. The van der Waals surface area contributed by atoms with E-state index >= 15 is 0 Å². The fourth-order valence-corrected chi connectivity index (χ4v) is 2.45. The van der Waals surface area contributed by atoms with Gasteiger partial charge in [-0.25, -0.2) is 9.78 Å². The first-order valence-electron chi connectivity index (χ1n) is 4.05. The van der Waals surface area contributed by atoms with Crippen molar-refractivity contribution in [1.29, 1.82) is 0 Å². The van der Waals surface area contributed by atoms with Crippen molar-refractivity contribution in [2.24, 2.45) is 0 Å². The molecule has 0 atom stereocenters. The lowest BCUT2D eigenvalue weighted by Crippen LogP contribution is -2.28. The number of hydrogen-bond acceptors (Lipinski definition) is 4. The topological polar surface area (TPSA) is 67.8 Å². The Hall–Kier alpha value is -1.21. The van der Waals surface area contributed by atoms with Gasteiger partial charge < -0.3 is 0 Å². The molecular formula is C8H6BrN3O2S. The first-order chi connectivity index (χ1) is 7.15. The summed E-state index contributed by atoms with van der Waals surface area (Å²) in [7, 11) is 0. The van der Waals surface area contributed by atoms with Gasteiger partial charge in [-0.05, 0) is 15.9 Å². The molecule has 0 unspecified atom stereocenters. The van der Waals surface area contributed by atoms with Crippen molar-refractivity contribution >= 4 is 27.3 Å². The van der Waals surface area contributed by atoms with Crippen LogP contribution < -0.4 is 11.2 Å². The molecule has 2 aromatic rings. The van der Waals surface area contributed by atoms with E-state index in [9.17, 15) is 9.59 Å². The predicted octanol–water partition coefficient (Wildman–Crippen LogP) is 0.804. The Balaban J connectivity index is 2.32. The molecule has 0 aliphatic heterocycles. The summed E-state index contributed by atoms with van der Waals surface area (Å²) in [5, 5.41) is 0. The van der Waals surface area contributed by atoms with Crippen LogP contribution in [-0.4, -0.2) is 14.5 Å². The summed E-state index contributed by atoms with van der Waals surface area (Å²) in [6, 6.07) is 1.32. The molecule has 0 spiro atoms. The third-order valence-corrected chi connectivity index (χ3v) is 3.21. The molecule has 0 aliphatic carbocycles. The van der Waals surface area contributed by atoms with Crippen LogP contribution in [0.15, 0.2) is 32.0 Å². The van der Waals surface area contributed by atoms with E-state index in [1.165, 1.54) is 28.2 Å². The van der Waals surface area contributed by atoms with Gasteiger partial charge in [0.25, 0.3) is 5.56 Å². The maximum Gasteiger partial charge on any atom is 0.328 e. The van der Waals surface area contributed by atoms with Gasteiger partial charge in [0.1, 0.15) is 0 Å². The van der Waals surface area contributed by atoms with Crippen molar-refractivity contribution in [2.75, 3.05) is 0 Å².